The van der Waals surface area contributed by atoms with Crippen molar-refractivity contribution in [3.05, 3.63) is 35.7 Å². The summed E-state index contributed by atoms with van der Waals surface area (Å²) in [5, 5.41) is 16.1. The highest BCUT2D eigenvalue weighted by Crippen LogP contribution is 2.30. The second-order valence-corrected chi connectivity index (χ2v) is 6.86. The molecule has 0 radical (unpaired) electrons. The molecule has 0 amide bonds. The van der Waals surface area contributed by atoms with Gasteiger partial charge >= 0.3 is 0 Å². The summed E-state index contributed by atoms with van der Waals surface area (Å²) in [6.07, 6.45) is 8.14. The largest absolute Gasteiger partial charge is 0.396 e. The van der Waals surface area contributed by atoms with E-state index in [0.29, 0.717) is 23.9 Å². The van der Waals surface area contributed by atoms with Crippen molar-refractivity contribution in [2.45, 2.75) is 19.3 Å². The molecule has 2 aromatic rings. The summed E-state index contributed by atoms with van der Waals surface area (Å²) in [4.78, 5) is 8.63. The van der Waals surface area contributed by atoms with E-state index in [1.54, 1.807) is 12.4 Å². The van der Waals surface area contributed by atoms with Gasteiger partial charge in [0, 0.05) is 62.6 Å². The SMILES string of the molecule is OCCCNc1cc(-c2cncc(NCC3CCOCC3)c2)c(Cl)cn1. The number of hydrogen-bond acceptors (Lipinski definition) is 6. The van der Waals surface area contributed by atoms with Gasteiger partial charge in [-0.3, -0.25) is 4.98 Å². The van der Waals surface area contributed by atoms with E-state index in [2.05, 4.69) is 26.7 Å². The summed E-state index contributed by atoms with van der Waals surface area (Å²) in [6.45, 7) is 3.44. The van der Waals surface area contributed by atoms with Gasteiger partial charge in [-0.2, -0.15) is 0 Å². The Morgan fingerprint density at radius 2 is 2.00 bits per heavy atom. The first-order chi connectivity index (χ1) is 12.8. The lowest BCUT2D eigenvalue weighted by atomic mass is 10.0. The molecule has 1 saturated heterocycles. The Kier molecular flexibility index (Phi) is 7.05. The quantitative estimate of drug-likeness (QED) is 0.612. The number of nitrogens with one attached hydrogen (secondary N) is 2. The van der Waals surface area contributed by atoms with E-state index in [1.807, 2.05) is 12.3 Å². The molecule has 2 aromatic heterocycles. The van der Waals surface area contributed by atoms with Crippen LogP contribution in [-0.2, 0) is 4.74 Å². The summed E-state index contributed by atoms with van der Waals surface area (Å²) in [5.41, 5.74) is 2.81. The van der Waals surface area contributed by atoms with Crippen LogP contribution in [0.1, 0.15) is 19.3 Å². The molecule has 0 saturated carbocycles. The van der Waals surface area contributed by atoms with Gasteiger partial charge < -0.3 is 20.5 Å². The van der Waals surface area contributed by atoms with Gasteiger partial charge in [0.25, 0.3) is 0 Å². The third kappa shape index (κ3) is 5.30. The second kappa shape index (κ2) is 9.71. The van der Waals surface area contributed by atoms with Gasteiger partial charge in [0.05, 0.1) is 10.7 Å². The number of hydrogen-bond donors (Lipinski definition) is 3. The van der Waals surface area contributed by atoms with Crippen molar-refractivity contribution >= 4 is 23.1 Å². The van der Waals surface area contributed by atoms with E-state index in [4.69, 9.17) is 21.4 Å². The molecule has 0 aromatic carbocycles. The molecule has 3 N–H and O–H groups in total. The van der Waals surface area contributed by atoms with E-state index < -0.39 is 0 Å². The van der Waals surface area contributed by atoms with E-state index in [0.717, 1.165) is 55.2 Å². The van der Waals surface area contributed by atoms with Crippen LogP contribution in [0.5, 0.6) is 0 Å². The molecule has 1 aliphatic heterocycles. The van der Waals surface area contributed by atoms with Crippen LogP contribution in [0.2, 0.25) is 5.02 Å². The first-order valence-electron chi connectivity index (χ1n) is 9.03. The number of ether oxygens (including phenoxy) is 1. The van der Waals surface area contributed by atoms with Crippen molar-refractivity contribution in [2.75, 3.05) is 43.5 Å². The molecule has 0 aliphatic carbocycles. The molecule has 3 rings (SSSR count). The van der Waals surface area contributed by atoms with Gasteiger partial charge in [-0.1, -0.05) is 11.6 Å². The molecule has 0 unspecified atom stereocenters. The van der Waals surface area contributed by atoms with Crippen LogP contribution in [0.15, 0.2) is 30.7 Å². The average Bonchev–Trinajstić information content (AvgIpc) is 2.69. The molecule has 1 fully saturated rings. The molecule has 3 heterocycles. The first kappa shape index (κ1) is 18.9. The first-order valence-corrected chi connectivity index (χ1v) is 9.41. The number of halogens is 1. The zero-order valence-electron chi connectivity index (χ0n) is 14.7. The minimum absolute atomic E-state index is 0.151. The summed E-state index contributed by atoms with van der Waals surface area (Å²) < 4.78 is 5.41. The Morgan fingerprint density at radius 3 is 2.81 bits per heavy atom. The summed E-state index contributed by atoms with van der Waals surface area (Å²) in [7, 11) is 0. The molecule has 0 atom stereocenters. The van der Waals surface area contributed by atoms with E-state index in [1.165, 1.54) is 0 Å². The smallest absolute Gasteiger partial charge is 0.126 e. The summed E-state index contributed by atoms with van der Waals surface area (Å²) in [5.74, 6) is 1.37. The van der Waals surface area contributed by atoms with Crippen LogP contribution in [0.4, 0.5) is 11.5 Å². The molecule has 1 aliphatic rings. The third-order valence-electron chi connectivity index (χ3n) is 4.48. The zero-order chi connectivity index (χ0) is 18.2. The van der Waals surface area contributed by atoms with Gasteiger partial charge in [-0.05, 0) is 37.3 Å². The van der Waals surface area contributed by atoms with Crippen LogP contribution in [0.25, 0.3) is 11.1 Å². The third-order valence-corrected chi connectivity index (χ3v) is 4.78. The Hall–Kier alpha value is -1.89. The molecule has 0 bridgehead atoms. The van der Waals surface area contributed by atoms with Crippen molar-refractivity contribution in [2.24, 2.45) is 5.92 Å². The maximum Gasteiger partial charge on any atom is 0.126 e. The average molecular weight is 377 g/mol. The van der Waals surface area contributed by atoms with Gasteiger partial charge in [-0.25, -0.2) is 4.98 Å². The van der Waals surface area contributed by atoms with Crippen LogP contribution in [0, 0.1) is 5.92 Å². The normalized spacial score (nSPS) is 15.0. The fourth-order valence-corrected chi connectivity index (χ4v) is 3.16. The van der Waals surface area contributed by atoms with Crippen molar-refractivity contribution in [3.8, 4) is 11.1 Å². The van der Waals surface area contributed by atoms with Crippen molar-refractivity contribution < 1.29 is 9.84 Å². The minimum Gasteiger partial charge on any atom is -0.396 e. The highest BCUT2D eigenvalue weighted by Gasteiger charge is 2.14. The molecular weight excluding hydrogens is 352 g/mol. The lowest BCUT2D eigenvalue weighted by molar-refractivity contribution is 0.0699. The molecular formula is C19H25ClN4O2. The van der Waals surface area contributed by atoms with Crippen molar-refractivity contribution in [1.29, 1.82) is 0 Å². The van der Waals surface area contributed by atoms with Gasteiger partial charge in [-0.15, -0.1) is 0 Å². The Morgan fingerprint density at radius 1 is 1.15 bits per heavy atom. The maximum absolute atomic E-state index is 8.89. The lowest BCUT2D eigenvalue weighted by Crippen LogP contribution is -2.22. The fourth-order valence-electron chi connectivity index (χ4n) is 2.95. The lowest BCUT2D eigenvalue weighted by Gasteiger charge is -2.22. The number of aromatic nitrogens is 2. The van der Waals surface area contributed by atoms with Gasteiger partial charge in [0.15, 0.2) is 0 Å². The maximum atomic E-state index is 8.89. The van der Waals surface area contributed by atoms with Crippen LogP contribution in [0.3, 0.4) is 0 Å². The van der Waals surface area contributed by atoms with E-state index in [9.17, 15) is 0 Å². The number of nitrogens with zero attached hydrogens (tertiary/aromatic N) is 2. The molecule has 26 heavy (non-hydrogen) atoms. The van der Waals surface area contributed by atoms with Crippen LogP contribution >= 0.6 is 11.6 Å². The fraction of sp³-hybridized carbons (Fsp3) is 0.474. The number of anilines is 2. The molecule has 6 nitrogen and oxygen atoms in total. The highest BCUT2D eigenvalue weighted by atomic mass is 35.5. The predicted molar refractivity (Wildman–Crippen MR) is 105 cm³/mol. The van der Waals surface area contributed by atoms with Crippen LogP contribution in [-0.4, -0.2) is 48.0 Å². The molecule has 140 valence electrons. The van der Waals surface area contributed by atoms with E-state index in [-0.39, 0.29) is 6.61 Å². The van der Waals surface area contributed by atoms with Gasteiger partial charge in [0.2, 0.25) is 0 Å². The van der Waals surface area contributed by atoms with E-state index >= 15 is 0 Å². The number of aliphatic hydroxyl groups excluding tert-OH is 1. The summed E-state index contributed by atoms with van der Waals surface area (Å²) >= 11 is 6.35. The summed E-state index contributed by atoms with van der Waals surface area (Å²) in [6, 6.07) is 3.98. The second-order valence-electron chi connectivity index (χ2n) is 6.45. The van der Waals surface area contributed by atoms with Gasteiger partial charge in [0.1, 0.15) is 5.82 Å². The standard InChI is InChI=1S/C19H25ClN4O2/c20-18-13-24-19(22-4-1-5-25)9-17(18)15-8-16(12-21-11-15)23-10-14-2-6-26-7-3-14/h8-9,11-14,23,25H,1-7,10H2,(H,22,24). The number of pyridine rings is 2. The van der Waals surface area contributed by atoms with Crippen molar-refractivity contribution in [1.82, 2.24) is 9.97 Å². The predicted octanol–water partition coefficient (Wildman–Crippen LogP) is 3.43. The Bertz CT molecular complexity index is 708. The molecule has 7 heteroatoms. The minimum atomic E-state index is 0.151. The topological polar surface area (TPSA) is 79.3 Å². The van der Waals surface area contributed by atoms with Crippen molar-refractivity contribution in [3.63, 3.8) is 0 Å². The zero-order valence-corrected chi connectivity index (χ0v) is 15.5. The molecule has 0 spiro atoms. The number of aliphatic hydroxyl groups is 1. The Labute approximate surface area is 159 Å². The monoisotopic (exact) mass is 376 g/mol. The highest BCUT2D eigenvalue weighted by molar-refractivity contribution is 6.33. The number of rotatable bonds is 8. The van der Waals surface area contributed by atoms with Crippen LogP contribution < -0.4 is 10.6 Å². The Balaban J connectivity index is 1.69.